The van der Waals surface area contributed by atoms with Crippen molar-refractivity contribution in [3.63, 3.8) is 0 Å². The molecule has 1 aromatic heterocycles. The van der Waals surface area contributed by atoms with Crippen LogP contribution in [0.4, 0.5) is 10.1 Å². The first-order valence-corrected chi connectivity index (χ1v) is 8.22. The van der Waals surface area contributed by atoms with Crippen LogP contribution in [0.1, 0.15) is 5.56 Å². The van der Waals surface area contributed by atoms with E-state index in [-0.39, 0.29) is 17.8 Å². The smallest absolute Gasteiger partial charge is 0.261 e. The zero-order valence-electron chi connectivity index (χ0n) is 12.7. The molecule has 24 heavy (non-hydrogen) atoms. The van der Waals surface area contributed by atoms with Gasteiger partial charge in [0.2, 0.25) is 5.91 Å². The maximum atomic E-state index is 13.3. The standard InChI is InChI=1S/C17H13FIN3O2/c1-10-6-12(19)3-5-14(10)21-16(23)8-22-9-20-15-4-2-11(18)7-13(15)17(22)24/h2-7,9H,8H2,1H3,(H,21,23). The van der Waals surface area contributed by atoms with Gasteiger partial charge >= 0.3 is 0 Å². The maximum Gasteiger partial charge on any atom is 0.261 e. The van der Waals surface area contributed by atoms with Gasteiger partial charge in [0.25, 0.3) is 5.56 Å². The predicted octanol–water partition coefficient (Wildman–Crippen LogP) is 3.09. The van der Waals surface area contributed by atoms with Crippen molar-refractivity contribution in [2.75, 3.05) is 5.32 Å². The lowest BCUT2D eigenvalue weighted by Gasteiger charge is -2.10. The molecular formula is C17H13FIN3O2. The van der Waals surface area contributed by atoms with E-state index in [9.17, 15) is 14.0 Å². The quantitative estimate of drug-likeness (QED) is 0.641. The van der Waals surface area contributed by atoms with Crippen molar-refractivity contribution < 1.29 is 9.18 Å². The molecule has 1 N–H and O–H groups in total. The highest BCUT2D eigenvalue weighted by Gasteiger charge is 2.10. The second-order valence-corrected chi connectivity index (χ2v) is 6.59. The second-order valence-electron chi connectivity index (χ2n) is 5.35. The van der Waals surface area contributed by atoms with E-state index in [1.54, 1.807) is 0 Å². The molecule has 0 unspecified atom stereocenters. The number of amides is 1. The molecule has 0 atom stereocenters. The van der Waals surface area contributed by atoms with E-state index >= 15 is 0 Å². The molecule has 3 rings (SSSR count). The van der Waals surface area contributed by atoms with Crippen molar-refractivity contribution in [3.05, 3.63) is 68.0 Å². The Morgan fingerprint density at radius 3 is 2.83 bits per heavy atom. The van der Waals surface area contributed by atoms with Gasteiger partial charge in [-0.3, -0.25) is 14.2 Å². The molecule has 0 bridgehead atoms. The van der Waals surface area contributed by atoms with Crippen molar-refractivity contribution in [3.8, 4) is 0 Å². The number of nitrogens with zero attached hydrogens (tertiary/aromatic N) is 2. The molecule has 0 spiro atoms. The molecule has 0 saturated heterocycles. The van der Waals surface area contributed by atoms with Crippen LogP contribution < -0.4 is 10.9 Å². The highest BCUT2D eigenvalue weighted by molar-refractivity contribution is 14.1. The number of hydrogen-bond donors (Lipinski definition) is 1. The van der Waals surface area contributed by atoms with Gasteiger partial charge in [0.1, 0.15) is 12.4 Å². The molecule has 1 heterocycles. The number of rotatable bonds is 3. The van der Waals surface area contributed by atoms with Gasteiger partial charge in [-0.05, 0) is 71.5 Å². The number of fused-ring (bicyclic) bond motifs is 1. The zero-order chi connectivity index (χ0) is 17.3. The highest BCUT2D eigenvalue weighted by Crippen LogP contribution is 2.17. The SMILES string of the molecule is Cc1cc(I)ccc1NC(=O)Cn1cnc2ccc(F)cc2c1=O. The number of nitrogens with one attached hydrogen (secondary N) is 1. The van der Waals surface area contributed by atoms with E-state index in [1.807, 2.05) is 25.1 Å². The van der Waals surface area contributed by atoms with Gasteiger partial charge in [0, 0.05) is 9.26 Å². The van der Waals surface area contributed by atoms with Crippen LogP contribution in [0.15, 0.2) is 47.5 Å². The van der Waals surface area contributed by atoms with Crippen LogP contribution >= 0.6 is 22.6 Å². The summed E-state index contributed by atoms with van der Waals surface area (Å²) in [5, 5.41) is 2.92. The molecule has 0 radical (unpaired) electrons. The van der Waals surface area contributed by atoms with Crippen LogP contribution in [-0.2, 0) is 11.3 Å². The fourth-order valence-corrected chi connectivity index (χ4v) is 3.00. The Morgan fingerprint density at radius 2 is 2.08 bits per heavy atom. The summed E-state index contributed by atoms with van der Waals surface area (Å²) in [6, 6.07) is 9.45. The molecular weight excluding hydrogens is 424 g/mol. The first-order chi connectivity index (χ1) is 11.4. The molecule has 3 aromatic rings. The Hall–Kier alpha value is -2.29. The Morgan fingerprint density at radius 1 is 1.29 bits per heavy atom. The van der Waals surface area contributed by atoms with Crippen LogP contribution in [0.5, 0.6) is 0 Å². The Bertz CT molecular complexity index is 1000. The topological polar surface area (TPSA) is 64.0 Å². The van der Waals surface area contributed by atoms with Crippen molar-refractivity contribution >= 4 is 45.1 Å². The number of benzene rings is 2. The monoisotopic (exact) mass is 437 g/mol. The molecule has 7 heteroatoms. The van der Waals surface area contributed by atoms with Crippen LogP contribution in [0.3, 0.4) is 0 Å². The fourth-order valence-electron chi connectivity index (χ4n) is 2.36. The fraction of sp³-hybridized carbons (Fsp3) is 0.118. The van der Waals surface area contributed by atoms with E-state index in [0.29, 0.717) is 11.2 Å². The summed E-state index contributed by atoms with van der Waals surface area (Å²) in [5.41, 5.74) is 1.56. The van der Waals surface area contributed by atoms with Gasteiger partial charge in [0.15, 0.2) is 0 Å². The molecule has 2 aromatic carbocycles. The van der Waals surface area contributed by atoms with E-state index < -0.39 is 11.4 Å². The molecule has 0 aliphatic rings. The minimum Gasteiger partial charge on any atom is -0.324 e. The lowest BCUT2D eigenvalue weighted by molar-refractivity contribution is -0.116. The Balaban J connectivity index is 1.85. The largest absolute Gasteiger partial charge is 0.324 e. The zero-order valence-corrected chi connectivity index (χ0v) is 14.9. The Labute approximate surface area is 150 Å². The van der Waals surface area contributed by atoms with E-state index in [1.165, 1.54) is 23.0 Å². The van der Waals surface area contributed by atoms with E-state index in [4.69, 9.17) is 0 Å². The lowest BCUT2D eigenvalue weighted by atomic mass is 10.2. The number of aromatic nitrogens is 2. The molecule has 0 aliphatic carbocycles. The molecule has 1 amide bonds. The number of carbonyl (C=O) groups is 1. The van der Waals surface area contributed by atoms with Gasteiger partial charge in [-0.1, -0.05) is 0 Å². The first-order valence-electron chi connectivity index (χ1n) is 7.15. The number of aryl methyl sites for hydroxylation is 1. The highest BCUT2D eigenvalue weighted by atomic mass is 127. The summed E-state index contributed by atoms with van der Waals surface area (Å²) in [4.78, 5) is 28.6. The normalized spacial score (nSPS) is 10.8. The summed E-state index contributed by atoms with van der Waals surface area (Å²) < 4.78 is 15.6. The minimum atomic E-state index is -0.516. The second kappa shape index (κ2) is 6.68. The summed E-state index contributed by atoms with van der Waals surface area (Å²) in [7, 11) is 0. The lowest BCUT2D eigenvalue weighted by Crippen LogP contribution is -2.28. The van der Waals surface area contributed by atoms with Crippen LogP contribution in [-0.4, -0.2) is 15.5 Å². The third-order valence-electron chi connectivity index (χ3n) is 3.56. The molecule has 122 valence electrons. The Kier molecular flexibility index (Phi) is 4.61. The van der Waals surface area contributed by atoms with Crippen molar-refractivity contribution in [2.45, 2.75) is 13.5 Å². The number of halogens is 2. The van der Waals surface area contributed by atoms with E-state index in [2.05, 4.69) is 32.9 Å². The maximum absolute atomic E-state index is 13.3. The third-order valence-corrected chi connectivity index (χ3v) is 4.23. The van der Waals surface area contributed by atoms with Gasteiger partial charge in [-0.2, -0.15) is 0 Å². The average Bonchev–Trinajstić information content (AvgIpc) is 2.53. The minimum absolute atomic E-state index is 0.149. The summed E-state index contributed by atoms with van der Waals surface area (Å²) in [6.45, 7) is 1.70. The van der Waals surface area contributed by atoms with Gasteiger partial charge in [-0.25, -0.2) is 9.37 Å². The molecule has 0 fully saturated rings. The number of hydrogen-bond acceptors (Lipinski definition) is 3. The van der Waals surface area contributed by atoms with Crippen molar-refractivity contribution in [1.29, 1.82) is 0 Å². The average molecular weight is 437 g/mol. The summed E-state index contributed by atoms with van der Waals surface area (Å²) in [6.07, 6.45) is 1.29. The van der Waals surface area contributed by atoms with Gasteiger partial charge in [-0.15, -0.1) is 0 Å². The molecule has 0 aliphatic heterocycles. The van der Waals surface area contributed by atoms with Crippen LogP contribution in [0.25, 0.3) is 10.9 Å². The molecule has 5 nitrogen and oxygen atoms in total. The van der Waals surface area contributed by atoms with Crippen molar-refractivity contribution in [1.82, 2.24) is 9.55 Å². The third kappa shape index (κ3) is 3.45. The first kappa shape index (κ1) is 16.6. The number of carbonyl (C=O) groups excluding carboxylic acids is 1. The molecule has 0 saturated carbocycles. The van der Waals surface area contributed by atoms with Crippen LogP contribution in [0.2, 0.25) is 0 Å². The predicted molar refractivity (Wildman–Crippen MR) is 98.5 cm³/mol. The van der Waals surface area contributed by atoms with Gasteiger partial charge < -0.3 is 5.32 Å². The summed E-state index contributed by atoms with van der Waals surface area (Å²) in [5.74, 6) is -0.864. The van der Waals surface area contributed by atoms with E-state index in [0.717, 1.165) is 15.2 Å². The summed E-state index contributed by atoms with van der Waals surface area (Å²) >= 11 is 2.19. The van der Waals surface area contributed by atoms with Gasteiger partial charge in [0.05, 0.1) is 17.2 Å². The van der Waals surface area contributed by atoms with Crippen LogP contribution in [0, 0.1) is 16.3 Å². The van der Waals surface area contributed by atoms with Crippen molar-refractivity contribution in [2.24, 2.45) is 0 Å². The number of anilines is 1.